The summed E-state index contributed by atoms with van der Waals surface area (Å²) < 4.78 is 0. The van der Waals surface area contributed by atoms with Crippen molar-refractivity contribution in [2.75, 3.05) is 11.4 Å². The molecular formula is C26H26N2O2. The second-order valence-electron chi connectivity index (χ2n) is 8.34. The first-order valence-corrected chi connectivity index (χ1v) is 10.9. The van der Waals surface area contributed by atoms with Gasteiger partial charge in [-0.2, -0.15) is 0 Å². The number of aryl methyl sites for hydroxylation is 2. The van der Waals surface area contributed by atoms with E-state index < -0.39 is 0 Å². The fourth-order valence-electron chi connectivity index (χ4n) is 4.91. The summed E-state index contributed by atoms with van der Waals surface area (Å²) in [4.78, 5) is 27.5. The summed E-state index contributed by atoms with van der Waals surface area (Å²) in [6.07, 6.45) is 5.59. The number of rotatable bonds is 5. The van der Waals surface area contributed by atoms with Gasteiger partial charge in [0.2, 0.25) is 5.91 Å². The van der Waals surface area contributed by atoms with Crippen LogP contribution in [0.5, 0.6) is 0 Å². The normalized spacial score (nSPS) is 15.9. The van der Waals surface area contributed by atoms with E-state index in [1.54, 1.807) is 4.90 Å². The van der Waals surface area contributed by atoms with Gasteiger partial charge in [-0.05, 0) is 66.3 Å². The highest BCUT2D eigenvalue weighted by molar-refractivity contribution is 6.26. The topological polar surface area (TPSA) is 49.4 Å². The third-order valence-corrected chi connectivity index (χ3v) is 6.47. The van der Waals surface area contributed by atoms with Crippen molar-refractivity contribution in [1.29, 1.82) is 0 Å². The average Bonchev–Trinajstić information content (AvgIpc) is 3.05. The number of hydrogen-bond acceptors (Lipinski definition) is 2. The highest BCUT2D eigenvalue weighted by Crippen LogP contribution is 2.37. The molecule has 0 saturated heterocycles. The third kappa shape index (κ3) is 3.17. The van der Waals surface area contributed by atoms with Crippen LogP contribution >= 0.6 is 0 Å². The van der Waals surface area contributed by atoms with E-state index in [1.807, 2.05) is 36.4 Å². The predicted octanol–water partition coefficient (Wildman–Crippen LogP) is 4.95. The summed E-state index contributed by atoms with van der Waals surface area (Å²) in [6.45, 7) is 2.12. The van der Waals surface area contributed by atoms with Crippen LogP contribution in [0.3, 0.4) is 0 Å². The van der Waals surface area contributed by atoms with Crippen molar-refractivity contribution in [3.63, 3.8) is 0 Å². The quantitative estimate of drug-likeness (QED) is 0.661. The highest BCUT2D eigenvalue weighted by Gasteiger charge is 2.31. The van der Waals surface area contributed by atoms with Crippen molar-refractivity contribution in [3.8, 4) is 0 Å². The molecule has 1 unspecified atom stereocenters. The van der Waals surface area contributed by atoms with Crippen LogP contribution in [0.4, 0.5) is 5.69 Å². The molecule has 1 aliphatic heterocycles. The molecule has 0 aromatic heterocycles. The van der Waals surface area contributed by atoms with Gasteiger partial charge in [0.05, 0.1) is 11.7 Å². The van der Waals surface area contributed by atoms with Crippen molar-refractivity contribution in [2.24, 2.45) is 0 Å². The summed E-state index contributed by atoms with van der Waals surface area (Å²) in [5.74, 6) is -0.225. The number of benzene rings is 3. The number of hydrogen-bond donors (Lipinski definition) is 1. The Bertz CT molecular complexity index is 1150. The Morgan fingerprint density at radius 2 is 1.80 bits per heavy atom. The minimum atomic E-state index is -0.127. The Kier molecular flexibility index (Phi) is 4.78. The second-order valence-corrected chi connectivity index (χ2v) is 8.34. The van der Waals surface area contributed by atoms with E-state index in [1.165, 1.54) is 24.0 Å². The number of nitrogens with zero attached hydrogens (tertiary/aromatic N) is 1. The minimum absolute atomic E-state index is 0.0358. The maximum atomic E-state index is 12.9. The van der Waals surface area contributed by atoms with E-state index in [9.17, 15) is 9.59 Å². The smallest absolute Gasteiger partial charge is 0.259 e. The van der Waals surface area contributed by atoms with Gasteiger partial charge in [-0.15, -0.1) is 0 Å². The second kappa shape index (κ2) is 7.60. The van der Waals surface area contributed by atoms with Gasteiger partial charge in [-0.3, -0.25) is 14.5 Å². The predicted molar refractivity (Wildman–Crippen MR) is 120 cm³/mol. The molecule has 30 heavy (non-hydrogen) atoms. The van der Waals surface area contributed by atoms with E-state index >= 15 is 0 Å². The molecule has 2 aliphatic rings. The van der Waals surface area contributed by atoms with Gasteiger partial charge in [0.1, 0.15) is 6.54 Å². The molecule has 4 heteroatoms. The molecule has 1 atom stereocenters. The largest absolute Gasteiger partial charge is 0.348 e. The lowest BCUT2D eigenvalue weighted by Crippen LogP contribution is -2.40. The zero-order valence-corrected chi connectivity index (χ0v) is 17.3. The number of carbonyl (C=O) groups is 2. The Hall–Kier alpha value is -3.14. The molecule has 0 fully saturated rings. The van der Waals surface area contributed by atoms with Gasteiger partial charge in [0.15, 0.2) is 0 Å². The van der Waals surface area contributed by atoms with E-state index in [0.29, 0.717) is 5.56 Å². The summed E-state index contributed by atoms with van der Waals surface area (Å²) in [6, 6.07) is 18.2. The minimum Gasteiger partial charge on any atom is -0.348 e. The fraction of sp³-hybridized carbons (Fsp3) is 0.308. The first-order valence-electron chi connectivity index (χ1n) is 10.9. The fourth-order valence-corrected chi connectivity index (χ4v) is 4.91. The van der Waals surface area contributed by atoms with Crippen LogP contribution in [0.25, 0.3) is 10.8 Å². The van der Waals surface area contributed by atoms with Crippen molar-refractivity contribution in [2.45, 2.75) is 45.1 Å². The monoisotopic (exact) mass is 398 g/mol. The molecule has 0 bridgehead atoms. The molecule has 2 amide bonds. The van der Waals surface area contributed by atoms with Crippen molar-refractivity contribution in [3.05, 3.63) is 76.9 Å². The summed E-state index contributed by atoms with van der Waals surface area (Å²) in [5, 5.41) is 5.14. The van der Waals surface area contributed by atoms with Crippen LogP contribution in [-0.2, 0) is 17.6 Å². The van der Waals surface area contributed by atoms with Crippen LogP contribution in [0, 0.1) is 0 Å². The van der Waals surface area contributed by atoms with Gasteiger partial charge in [-0.1, -0.05) is 49.4 Å². The Morgan fingerprint density at radius 3 is 2.60 bits per heavy atom. The lowest BCUT2D eigenvalue weighted by Gasteiger charge is -2.23. The average molecular weight is 399 g/mol. The Morgan fingerprint density at radius 1 is 1.03 bits per heavy atom. The first-order chi connectivity index (χ1) is 14.7. The SMILES string of the molecule is CCC(NC(=O)CN1C(=O)c2cccc3cccc1c23)c1ccc2c(c1)CCCC2. The number of carbonyl (C=O) groups excluding carboxylic acids is 2. The molecule has 3 aromatic rings. The number of anilines is 1. The van der Waals surface area contributed by atoms with Gasteiger partial charge in [0.25, 0.3) is 5.91 Å². The molecule has 0 spiro atoms. The number of fused-ring (bicyclic) bond motifs is 1. The van der Waals surface area contributed by atoms with Gasteiger partial charge in [0, 0.05) is 10.9 Å². The Labute approximate surface area is 176 Å². The standard InChI is InChI=1S/C26H26N2O2/c1-2-22(20-14-13-17-7-3-4-8-19(17)15-20)27-24(29)16-28-23-12-6-10-18-9-5-11-21(25(18)23)26(28)30/h5-6,9-15,22H,2-4,7-8,16H2,1H3,(H,27,29). The van der Waals surface area contributed by atoms with Crippen molar-refractivity contribution < 1.29 is 9.59 Å². The van der Waals surface area contributed by atoms with Gasteiger partial charge in [-0.25, -0.2) is 0 Å². The summed E-state index contributed by atoms with van der Waals surface area (Å²) in [7, 11) is 0. The highest BCUT2D eigenvalue weighted by atomic mass is 16.2. The zero-order chi connectivity index (χ0) is 20.7. The molecule has 152 valence electrons. The maximum absolute atomic E-state index is 12.9. The molecular weight excluding hydrogens is 372 g/mol. The molecule has 3 aromatic carbocycles. The van der Waals surface area contributed by atoms with Crippen LogP contribution in [-0.4, -0.2) is 18.4 Å². The molecule has 5 rings (SSSR count). The van der Waals surface area contributed by atoms with E-state index in [2.05, 4.69) is 30.4 Å². The summed E-state index contributed by atoms with van der Waals surface area (Å²) >= 11 is 0. The van der Waals surface area contributed by atoms with Crippen LogP contribution in [0.1, 0.15) is 59.3 Å². The summed E-state index contributed by atoms with van der Waals surface area (Å²) in [5.41, 5.74) is 5.52. The number of nitrogens with one attached hydrogen (secondary N) is 1. The van der Waals surface area contributed by atoms with Crippen molar-refractivity contribution >= 4 is 28.3 Å². The lowest BCUT2D eigenvalue weighted by atomic mass is 9.89. The maximum Gasteiger partial charge on any atom is 0.259 e. The van der Waals surface area contributed by atoms with Gasteiger partial charge < -0.3 is 5.32 Å². The molecule has 1 heterocycles. The lowest BCUT2D eigenvalue weighted by molar-refractivity contribution is -0.120. The van der Waals surface area contributed by atoms with Crippen LogP contribution < -0.4 is 10.2 Å². The van der Waals surface area contributed by atoms with Crippen LogP contribution in [0.15, 0.2) is 54.6 Å². The van der Waals surface area contributed by atoms with Gasteiger partial charge >= 0.3 is 0 Å². The molecule has 1 N–H and O–H groups in total. The number of amides is 2. The molecule has 1 aliphatic carbocycles. The Balaban J connectivity index is 1.35. The van der Waals surface area contributed by atoms with E-state index in [-0.39, 0.29) is 24.4 Å². The van der Waals surface area contributed by atoms with Crippen molar-refractivity contribution in [1.82, 2.24) is 5.32 Å². The molecule has 0 saturated carbocycles. The molecule has 0 radical (unpaired) electrons. The van der Waals surface area contributed by atoms with E-state index in [0.717, 1.165) is 41.3 Å². The third-order valence-electron chi connectivity index (χ3n) is 6.47. The van der Waals surface area contributed by atoms with E-state index in [4.69, 9.17) is 0 Å². The zero-order valence-electron chi connectivity index (χ0n) is 17.3. The van der Waals surface area contributed by atoms with Crippen LogP contribution in [0.2, 0.25) is 0 Å². The first kappa shape index (κ1) is 18.9. The molecule has 4 nitrogen and oxygen atoms in total.